The second-order valence-electron chi connectivity index (χ2n) is 10.2. The molecule has 0 unspecified atom stereocenters. The third-order valence-electron chi connectivity index (χ3n) is 7.18. The zero-order valence-electron chi connectivity index (χ0n) is 22.2. The molecule has 0 aliphatic carbocycles. The van der Waals surface area contributed by atoms with Crippen molar-refractivity contribution in [1.29, 1.82) is 0 Å². The molecule has 6 rings (SSSR count). The van der Waals surface area contributed by atoms with Gasteiger partial charge in [0.1, 0.15) is 23.5 Å². The molecule has 5 aromatic rings. The lowest BCUT2D eigenvalue weighted by Crippen LogP contribution is -2.45. The van der Waals surface area contributed by atoms with Gasteiger partial charge >= 0.3 is 5.84 Å². The van der Waals surface area contributed by atoms with Crippen LogP contribution in [0.15, 0.2) is 82.6 Å². The Bertz CT molecular complexity index is 1750. The molecule has 0 spiro atoms. The first-order valence-corrected chi connectivity index (χ1v) is 14.6. The number of hydrogen-bond acceptors (Lipinski definition) is 7. The van der Waals surface area contributed by atoms with Crippen LogP contribution in [0.3, 0.4) is 0 Å². The minimum atomic E-state index is -3.63. The lowest BCUT2D eigenvalue weighted by Gasteiger charge is -2.32. The molecule has 0 saturated carbocycles. The Hall–Kier alpha value is -4.09. The maximum Gasteiger partial charge on any atom is 0.306 e. The van der Waals surface area contributed by atoms with Crippen molar-refractivity contribution in [2.75, 3.05) is 18.4 Å². The van der Waals surface area contributed by atoms with Gasteiger partial charge in [-0.25, -0.2) is 22.8 Å². The van der Waals surface area contributed by atoms with Crippen LogP contribution in [-0.4, -0.2) is 51.2 Å². The molecule has 1 saturated heterocycles. The number of benzene rings is 2. The Labute approximate surface area is 231 Å². The Morgan fingerprint density at radius 3 is 2.58 bits per heavy atom. The fraction of sp³-hybridized carbons (Fsp3) is 0.276. The maximum absolute atomic E-state index is 13.6. The van der Waals surface area contributed by atoms with E-state index in [4.69, 9.17) is 9.40 Å². The molecule has 4 heterocycles. The Balaban J connectivity index is 1.25. The average molecular weight is 561 g/mol. The summed E-state index contributed by atoms with van der Waals surface area (Å²) in [5, 5.41) is 3.34. The van der Waals surface area contributed by atoms with Crippen molar-refractivity contribution < 1.29 is 17.2 Å². The number of rotatable bonds is 7. The van der Waals surface area contributed by atoms with Crippen molar-refractivity contribution in [3.05, 3.63) is 84.6 Å². The van der Waals surface area contributed by atoms with E-state index in [1.54, 1.807) is 47.1 Å². The van der Waals surface area contributed by atoms with Gasteiger partial charge in [-0.3, -0.25) is 4.40 Å². The monoisotopic (exact) mass is 560 g/mol. The van der Waals surface area contributed by atoms with Crippen LogP contribution in [0, 0.1) is 5.82 Å². The molecular formula is C29H29FN6O3S. The minimum absolute atomic E-state index is 0.162. The van der Waals surface area contributed by atoms with E-state index in [0.717, 1.165) is 17.5 Å². The summed E-state index contributed by atoms with van der Waals surface area (Å²) in [5.41, 5.74) is 3.69. The summed E-state index contributed by atoms with van der Waals surface area (Å²) in [6.07, 6.45) is 6.43. The van der Waals surface area contributed by atoms with Crippen molar-refractivity contribution in [2.45, 2.75) is 43.5 Å². The van der Waals surface area contributed by atoms with Crippen molar-refractivity contribution in [2.24, 2.45) is 0 Å². The van der Waals surface area contributed by atoms with Crippen LogP contribution in [0.2, 0.25) is 0 Å². The predicted octanol–water partition coefficient (Wildman–Crippen LogP) is 5.58. The molecule has 2 aromatic carbocycles. The van der Waals surface area contributed by atoms with Gasteiger partial charge in [0.05, 0.1) is 10.6 Å². The summed E-state index contributed by atoms with van der Waals surface area (Å²) >= 11 is 0. The van der Waals surface area contributed by atoms with E-state index in [-0.39, 0.29) is 11.9 Å². The number of fused-ring (bicyclic) bond motifs is 1. The smallest absolute Gasteiger partial charge is 0.306 e. The van der Waals surface area contributed by atoms with Crippen molar-refractivity contribution in [3.63, 3.8) is 0 Å². The van der Waals surface area contributed by atoms with Crippen LogP contribution in [-0.2, 0) is 10.0 Å². The highest BCUT2D eigenvalue weighted by molar-refractivity contribution is 7.89. The molecule has 1 N–H and O–H groups in total. The molecular weight excluding hydrogens is 531 g/mol. The van der Waals surface area contributed by atoms with Gasteiger partial charge in [-0.2, -0.15) is 9.29 Å². The number of halogens is 1. The first kappa shape index (κ1) is 26.1. The summed E-state index contributed by atoms with van der Waals surface area (Å²) < 4.78 is 49.2. The number of nitrogens with zero attached hydrogens (tertiary/aromatic N) is 5. The molecule has 9 nitrogen and oxygen atoms in total. The second-order valence-corrected chi connectivity index (χ2v) is 12.1. The van der Waals surface area contributed by atoms with E-state index in [2.05, 4.69) is 29.1 Å². The summed E-state index contributed by atoms with van der Waals surface area (Å²) in [7, 11) is -3.63. The summed E-state index contributed by atoms with van der Waals surface area (Å²) in [6, 6.07) is 14.8. The van der Waals surface area contributed by atoms with E-state index in [0.29, 0.717) is 59.2 Å². The number of hydrogen-bond donors (Lipinski definition) is 1. The van der Waals surface area contributed by atoms with Gasteiger partial charge in [0.15, 0.2) is 0 Å². The van der Waals surface area contributed by atoms with Gasteiger partial charge in [-0.05, 0) is 66.8 Å². The van der Waals surface area contributed by atoms with Gasteiger partial charge in [0.25, 0.3) is 0 Å². The number of piperidine rings is 1. The van der Waals surface area contributed by atoms with Crippen molar-refractivity contribution >= 4 is 21.8 Å². The number of nitrogens with one attached hydrogen (secondary N) is 1. The van der Waals surface area contributed by atoms with Crippen molar-refractivity contribution in [1.82, 2.24) is 23.7 Å². The zero-order chi connectivity index (χ0) is 27.9. The molecule has 1 aliphatic rings. The van der Waals surface area contributed by atoms with Gasteiger partial charge in [-0.15, -0.1) is 0 Å². The molecule has 40 heavy (non-hydrogen) atoms. The van der Waals surface area contributed by atoms with E-state index in [1.165, 1.54) is 22.7 Å². The molecule has 1 aliphatic heterocycles. The number of anilines is 1. The van der Waals surface area contributed by atoms with Crippen LogP contribution < -0.4 is 5.32 Å². The molecule has 1 fully saturated rings. The highest BCUT2D eigenvalue weighted by atomic mass is 32.2. The van der Waals surface area contributed by atoms with Crippen LogP contribution >= 0.6 is 0 Å². The lowest BCUT2D eigenvalue weighted by atomic mass is 10.0. The van der Waals surface area contributed by atoms with Gasteiger partial charge in [-0.1, -0.05) is 26.0 Å². The van der Waals surface area contributed by atoms with Gasteiger partial charge in [0, 0.05) is 37.1 Å². The SMILES string of the molecule is CC(C)c1ccc(S(=O)(=O)N2CCC[C@@H](Nc3nccc(-c4c(-c5ccc(F)cc5)nc5occn45)n3)C2)cc1. The number of sulfonamides is 1. The summed E-state index contributed by atoms with van der Waals surface area (Å²) in [6.45, 7) is 4.93. The standard InChI is InChI=1S/C29H29FN6O3S/c1-19(2)20-7-11-24(12-8-20)40(37,38)35-15-3-4-23(18-35)32-28-31-14-13-25(33-28)27-26(21-5-9-22(30)10-6-21)34-29-36(27)16-17-39-29/h5-14,16-17,19,23H,3-4,15,18H2,1-2H3,(H,31,32,33)/t23-/m1/s1. The Morgan fingerprint density at radius 1 is 1.05 bits per heavy atom. The van der Waals surface area contributed by atoms with E-state index < -0.39 is 10.0 Å². The fourth-order valence-electron chi connectivity index (χ4n) is 5.03. The lowest BCUT2D eigenvalue weighted by molar-refractivity contribution is 0.326. The molecule has 0 bridgehead atoms. The minimum Gasteiger partial charge on any atom is -0.432 e. The number of aromatic nitrogens is 4. The van der Waals surface area contributed by atoms with Gasteiger partial charge in [0.2, 0.25) is 16.0 Å². The number of imidazole rings is 1. The third-order valence-corrected chi connectivity index (χ3v) is 9.06. The highest BCUT2D eigenvalue weighted by Crippen LogP contribution is 2.33. The summed E-state index contributed by atoms with van der Waals surface area (Å²) in [5.74, 6) is 0.761. The molecule has 11 heteroatoms. The zero-order valence-corrected chi connectivity index (χ0v) is 23.0. The van der Waals surface area contributed by atoms with Crippen LogP contribution in [0.25, 0.3) is 28.5 Å². The van der Waals surface area contributed by atoms with E-state index in [9.17, 15) is 12.8 Å². The normalized spacial score (nSPS) is 16.6. The van der Waals surface area contributed by atoms with Gasteiger partial charge < -0.3 is 9.73 Å². The maximum atomic E-state index is 13.6. The average Bonchev–Trinajstić information content (AvgIpc) is 3.55. The predicted molar refractivity (Wildman–Crippen MR) is 150 cm³/mol. The highest BCUT2D eigenvalue weighted by Gasteiger charge is 2.31. The molecule has 1 atom stereocenters. The quantitative estimate of drug-likeness (QED) is 0.277. The largest absolute Gasteiger partial charge is 0.432 e. The summed E-state index contributed by atoms with van der Waals surface area (Å²) in [4.78, 5) is 14.0. The van der Waals surface area contributed by atoms with Crippen LogP contribution in [0.1, 0.15) is 38.2 Å². The topological polar surface area (TPSA) is 106 Å². The van der Waals surface area contributed by atoms with Crippen molar-refractivity contribution in [3.8, 4) is 22.6 Å². The fourth-order valence-corrected chi connectivity index (χ4v) is 6.56. The Kier molecular flexibility index (Phi) is 6.85. The molecule has 0 amide bonds. The third kappa shape index (κ3) is 4.98. The first-order valence-electron chi connectivity index (χ1n) is 13.2. The molecule has 206 valence electrons. The van der Waals surface area contributed by atoms with Crippen LogP contribution in [0.4, 0.5) is 10.3 Å². The van der Waals surface area contributed by atoms with E-state index in [1.807, 2.05) is 12.1 Å². The van der Waals surface area contributed by atoms with E-state index >= 15 is 0 Å². The first-order chi connectivity index (χ1) is 19.3. The second kappa shape index (κ2) is 10.5. The molecule has 0 radical (unpaired) electrons. The van der Waals surface area contributed by atoms with Crippen LogP contribution in [0.5, 0.6) is 0 Å². The number of oxazole rings is 1. The molecule has 3 aromatic heterocycles. The Morgan fingerprint density at radius 2 is 1.82 bits per heavy atom.